The van der Waals surface area contributed by atoms with Crippen molar-refractivity contribution in [3.8, 4) is 0 Å². The Kier molecular flexibility index (Phi) is 5.08. The summed E-state index contributed by atoms with van der Waals surface area (Å²) < 4.78 is 1.03. The fourth-order valence-corrected chi connectivity index (χ4v) is 3.16. The normalized spacial score (nSPS) is 13.1. The molecule has 3 N–H and O–H groups in total. The average Bonchev–Trinajstić information content (AvgIpc) is 2.89. The summed E-state index contributed by atoms with van der Waals surface area (Å²) >= 11 is 0. The molecule has 12 nitrogen and oxygen atoms in total. The van der Waals surface area contributed by atoms with Gasteiger partial charge in [-0.05, 0) is 12.0 Å². The Morgan fingerprint density at radius 3 is 2.40 bits per heavy atom. The zero-order chi connectivity index (χ0) is 22.3. The number of fused-ring (bicyclic) bond motifs is 1. The second kappa shape index (κ2) is 7.39. The first kappa shape index (κ1) is 20.6. The van der Waals surface area contributed by atoms with Gasteiger partial charge in [0.25, 0.3) is 23.1 Å². The van der Waals surface area contributed by atoms with Crippen molar-refractivity contribution in [1.29, 1.82) is 0 Å². The summed E-state index contributed by atoms with van der Waals surface area (Å²) in [6.45, 7) is 2.93. The molecule has 2 amide bonds. The molecule has 3 rings (SSSR count). The number of carbonyl (C=O) groups excluding carboxylic acids is 3. The van der Waals surface area contributed by atoms with E-state index in [9.17, 15) is 34.1 Å². The number of carbonyl (C=O) groups is 3. The number of rotatable bonds is 6. The predicted molar refractivity (Wildman–Crippen MR) is 103 cm³/mol. The Morgan fingerprint density at radius 1 is 1.17 bits per heavy atom. The highest BCUT2D eigenvalue weighted by molar-refractivity contribution is 6.23. The van der Waals surface area contributed by atoms with Crippen molar-refractivity contribution >= 4 is 29.1 Å². The van der Waals surface area contributed by atoms with E-state index in [4.69, 9.17) is 5.73 Å². The topological polar surface area (TPSA) is 178 Å². The zero-order valence-corrected chi connectivity index (χ0v) is 16.0. The maximum atomic E-state index is 12.7. The number of hydrogen-bond donors (Lipinski definition) is 2. The minimum absolute atomic E-state index is 0.0223. The summed E-state index contributed by atoms with van der Waals surface area (Å²) in [6.07, 6.45) is 0. The van der Waals surface area contributed by atoms with Crippen LogP contribution in [-0.4, -0.2) is 43.5 Å². The van der Waals surface area contributed by atoms with Crippen LogP contribution < -0.4 is 17.0 Å². The molecule has 0 bridgehead atoms. The molecule has 0 radical (unpaired) electrons. The van der Waals surface area contributed by atoms with Gasteiger partial charge in [-0.25, -0.2) is 4.79 Å². The Labute approximate surface area is 168 Å². The van der Waals surface area contributed by atoms with Crippen LogP contribution in [0.25, 0.3) is 0 Å². The summed E-state index contributed by atoms with van der Waals surface area (Å²) in [4.78, 5) is 74.7. The monoisotopic (exact) mass is 415 g/mol. The van der Waals surface area contributed by atoms with Crippen LogP contribution in [0.2, 0.25) is 0 Å². The summed E-state index contributed by atoms with van der Waals surface area (Å²) in [6, 6.07) is 3.14. The van der Waals surface area contributed by atoms with Gasteiger partial charge in [-0.15, -0.1) is 0 Å². The first-order chi connectivity index (χ1) is 14.0. The SMILES string of the molecule is CC(C)Cn1c(N)c(C(=O)CN2C(=O)c3ccc([N+](=O)[O-])cc3C2=O)c(=O)[nH]c1=O. The molecule has 30 heavy (non-hydrogen) atoms. The largest absolute Gasteiger partial charge is 0.384 e. The van der Waals surface area contributed by atoms with E-state index in [0.717, 1.165) is 22.8 Å². The van der Waals surface area contributed by atoms with E-state index in [1.54, 1.807) is 13.8 Å². The lowest BCUT2D eigenvalue weighted by Crippen LogP contribution is -2.41. The van der Waals surface area contributed by atoms with Crippen LogP contribution >= 0.6 is 0 Å². The van der Waals surface area contributed by atoms with E-state index in [2.05, 4.69) is 0 Å². The van der Waals surface area contributed by atoms with Gasteiger partial charge in [0.15, 0.2) is 5.78 Å². The minimum Gasteiger partial charge on any atom is -0.384 e. The van der Waals surface area contributed by atoms with Crippen LogP contribution in [0.15, 0.2) is 27.8 Å². The van der Waals surface area contributed by atoms with Crippen molar-refractivity contribution in [2.24, 2.45) is 5.92 Å². The summed E-state index contributed by atoms with van der Waals surface area (Å²) in [5.41, 5.74) is 2.82. The van der Waals surface area contributed by atoms with Gasteiger partial charge in [0.1, 0.15) is 11.4 Å². The Hall–Kier alpha value is -4.09. The number of nitrogen functional groups attached to an aromatic ring is 1. The molecular formula is C18H17N5O7. The highest BCUT2D eigenvalue weighted by Gasteiger charge is 2.38. The summed E-state index contributed by atoms with van der Waals surface area (Å²) in [5, 5.41) is 10.9. The van der Waals surface area contributed by atoms with Gasteiger partial charge < -0.3 is 5.73 Å². The molecule has 12 heteroatoms. The molecular weight excluding hydrogens is 398 g/mol. The third kappa shape index (κ3) is 3.38. The van der Waals surface area contributed by atoms with Crippen LogP contribution in [0.3, 0.4) is 0 Å². The van der Waals surface area contributed by atoms with Gasteiger partial charge in [-0.3, -0.25) is 43.7 Å². The zero-order valence-electron chi connectivity index (χ0n) is 16.0. The summed E-state index contributed by atoms with van der Waals surface area (Å²) in [7, 11) is 0. The Bertz CT molecular complexity index is 1220. The fraction of sp³-hybridized carbons (Fsp3) is 0.278. The number of anilines is 1. The number of hydrogen-bond acceptors (Lipinski definition) is 8. The molecule has 0 aliphatic carbocycles. The van der Waals surface area contributed by atoms with E-state index in [1.807, 2.05) is 4.98 Å². The lowest BCUT2D eigenvalue weighted by atomic mass is 10.1. The molecule has 1 aliphatic rings. The van der Waals surface area contributed by atoms with Crippen LogP contribution in [0.1, 0.15) is 44.9 Å². The van der Waals surface area contributed by atoms with Crippen molar-refractivity contribution in [2.45, 2.75) is 20.4 Å². The fourth-order valence-electron chi connectivity index (χ4n) is 3.16. The number of nitro groups is 1. The summed E-state index contributed by atoms with van der Waals surface area (Å²) in [5.74, 6) is -3.07. The lowest BCUT2D eigenvalue weighted by molar-refractivity contribution is -0.384. The van der Waals surface area contributed by atoms with Gasteiger partial charge in [0, 0.05) is 18.7 Å². The number of aromatic nitrogens is 2. The average molecular weight is 415 g/mol. The number of nitro benzene ring substituents is 1. The quantitative estimate of drug-likeness (QED) is 0.290. The molecule has 0 atom stereocenters. The number of benzene rings is 1. The maximum Gasteiger partial charge on any atom is 0.329 e. The van der Waals surface area contributed by atoms with E-state index in [1.165, 1.54) is 0 Å². The van der Waals surface area contributed by atoms with Crippen molar-refractivity contribution in [2.75, 3.05) is 12.3 Å². The van der Waals surface area contributed by atoms with Crippen molar-refractivity contribution in [3.05, 3.63) is 65.8 Å². The molecule has 2 aromatic rings. The molecule has 2 heterocycles. The van der Waals surface area contributed by atoms with E-state index in [-0.39, 0.29) is 35.1 Å². The van der Waals surface area contributed by atoms with E-state index in [0.29, 0.717) is 4.90 Å². The maximum absolute atomic E-state index is 12.7. The number of imide groups is 1. The number of H-pyrrole nitrogens is 1. The molecule has 1 aromatic heterocycles. The number of Topliss-reactive ketones (excluding diaryl/α,β-unsaturated/α-hetero) is 1. The van der Waals surface area contributed by atoms with E-state index >= 15 is 0 Å². The molecule has 0 saturated carbocycles. The van der Waals surface area contributed by atoms with Crippen LogP contribution in [0.5, 0.6) is 0 Å². The van der Waals surface area contributed by atoms with Gasteiger partial charge >= 0.3 is 5.69 Å². The van der Waals surface area contributed by atoms with Gasteiger partial charge in [0.05, 0.1) is 22.6 Å². The lowest BCUT2D eigenvalue weighted by Gasteiger charge is -2.16. The number of nitrogens with zero attached hydrogens (tertiary/aromatic N) is 3. The molecule has 0 fully saturated rings. The number of amides is 2. The first-order valence-corrected chi connectivity index (χ1v) is 8.83. The second-order valence-corrected chi connectivity index (χ2v) is 7.13. The van der Waals surface area contributed by atoms with Crippen molar-refractivity contribution < 1.29 is 19.3 Å². The van der Waals surface area contributed by atoms with E-state index < -0.39 is 45.9 Å². The van der Waals surface area contributed by atoms with Crippen LogP contribution in [0, 0.1) is 16.0 Å². The predicted octanol–water partition coefficient (Wildman–Crippen LogP) is 0.162. The molecule has 0 saturated heterocycles. The number of nitrogens with two attached hydrogens (primary N) is 1. The van der Waals surface area contributed by atoms with Gasteiger partial charge in [0.2, 0.25) is 0 Å². The first-order valence-electron chi connectivity index (χ1n) is 8.83. The van der Waals surface area contributed by atoms with Crippen molar-refractivity contribution in [1.82, 2.24) is 14.5 Å². The third-order valence-electron chi connectivity index (χ3n) is 4.53. The highest BCUT2D eigenvalue weighted by Crippen LogP contribution is 2.27. The highest BCUT2D eigenvalue weighted by atomic mass is 16.6. The molecule has 1 aromatic carbocycles. The standard InChI is InChI=1S/C18H17N5O7/c1-8(2)6-21-14(19)13(15(25)20-18(21)28)12(24)7-22-16(26)10-4-3-9(23(29)30)5-11(10)17(22)27/h3-5,8H,6-7,19H2,1-2H3,(H,20,25,28). The van der Waals surface area contributed by atoms with Crippen LogP contribution in [-0.2, 0) is 6.54 Å². The van der Waals surface area contributed by atoms with Crippen molar-refractivity contribution in [3.63, 3.8) is 0 Å². The number of non-ortho nitro benzene ring substituents is 1. The van der Waals surface area contributed by atoms with Crippen LogP contribution in [0.4, 0.5) is 11.5 Å². The van der Waals surface area contributed by atoms with Gasteiger partial charge in [-0.2, -0.15) is 0 Å². The Morgan fingerprint density at radius 2 is 1.80 bits per heavy atom. The van der Waals surface area contributed by atoms with Gasteiger partial charge in [-0.1, -0.05) is 13.8 Å². The third-order valence-corrected chi connectivity index (χ3v) is 4.53. The second-order valence-electron chi connectivity index (χ2n) is 7.13. The number of nitrogens with one attached hydrogen (secondary N) is 1. The molecule has 1 aliphatic heterocycles. The molecule has 0 unspecified atom stereocenters. The smallest absolute Gasteiger partial charge is 0.329 e. The number of ketones is 1. The molecule has 156 valence electrons. The molecule has 0 spiro atoms. The minimum atomic E-state index is -1.03. The number of aromatic amines is 1. The Balaban J connectivity index is 1.96.